The predicted octanol–water partition coefficient (Wildman–Crippen LogP) is 1.91. The number of benzene rings is 1. The van der Waals surface area contributed by atoms with Gasteiger partial charge in [0.25, 0.3) is 0 Å². The zero-order chi connectivity index (χ0) is 13.9. The van der Waals surface area contributed by atoms with Crippen LogP contribution in [0.3, 0.4) is 0 Å². The Morgan fingerprint density at radius 3 is 2.44 bits per heavy atom. The molecule has 5 nitrogen and oxygen atoms in total. The lowest BCUT2D eigenvalue weighted by molar-refractivity contribution is 0.00661. The lowest BCUT2D eigenvalue weighted by Crippen LogP contribution is -2.27. The minimum absolute atomic E-state index is 0.213. The van der Waals surface area contributed by atoms with Crippen LogP contribution < -0.4 is 16.2 Å². The molecule has 0 amide bonds. The molecule has 0 aromatic heterocycles. The smallest absolute Gasteiger partial charge is 0.344 e. The third-order valence-corrected chi connectivity index (χ3v) is 1.97. The van der Waals surface area contributed by atoms with Crippen LogP contribution in [0.2, 0.25) is 0 Å². The van der Waals surface area contributed by atoms with E-state index in [2.05, 4.69) is 0 Å². The average Bonchev–Trinajstić information content (AvgIpc) is 2.13. The summed E-state index contributed by atoms with van der Waals surface area (Å²) in [7, 11) is 0. The highest BCUT2D eigenvalue weighted by molar-refractivity contribution is 5.98. The van der Waals surface area contributed by atoms with Gasteiger partial charge in [0.1, 0.15) is 23.1 Å². The quantitative estimate of drug-likeness (QED) is 0.487. The lowest BCUT2D eigenvalue weighted by atomic mass is 10.1. The van der Waals surface area contributed by atoms with E-state index in [1.54, 1.807) is 45.9 Å². The molecule has 1 aromatic carbocycles. The summed E-state index contributed by atoms with van der Waals surface area (Å²) < 4.78 is 10.6. The molecule has 0 saturated carbocycles. The van der Waals surface area contributed by atoms with E-state index in [1.807, 2.05) is 0 Å². The molecular weight excluding hydrogens is 232 g/mol. The molecule has 100 valence electrons. The van der Waals surface area contributed by atoms with Crippen LogP contribution in [-0.2, 0) is 4.74 Å². The van der Waals surface area contributed by atoms with Gasteiger partial charge in [-0.2, -0.15) is 0 Å². The van der Waals surface area contributed by atoms with E-state index in [-0.39, 0.29) is 5.56 Å². The van der Waals surface area contributed by atoms with Crippen molar-refractivity contribution in [1.82, 2.24) is 0 Å². The first-order valence-corrected chi connectivity index (χ1v) is 5.75. The molecule has 0 aliphatic rings. The van der Waals surface area contributed by atoms with E-state index in [0.717, 1.165) is 0 Å². The number of hydrogen-bond acceptors (Lipinski definition) is 5. The van der Waals surface area contributed by atoms with E-state index >= 15 is 0 Å². The second-order valence-electron chi connectivity index (χ2n) is 5.05. The Morgan fingerprint density at radius 2 is 1.94 bits per heavy atom. The van der Waals surface area contributed by atoms with Crippen molar-refractivity contribution in [1.29, 1.82) is 0 Å². The normalized spacial score (nSPS) is 12.9. The first kappa shape index (κ1) is 14.3. The molecule has 0 spiro atoms. The van der Waals surface area contributed by atoms with E-state index in [1.165, 1.54) is 0 Å². The van der Waals surface area contributed by atoms with Gasteiger partial charge in [-0.3, -0.25) is 5.73 Å². The van der Waals surface area contributed by atoms with Crippen molar-refractivity contribution in [3.8, 4) is 5.75 Å². The van der Waals surface area contributed by atoms with Gasteiger partial charge in [-0.25, -0.2) is 4.79 Å². The third kappa shape index (κ3) is 3.92. The van der Waals surface area contributed by atoms with Gasteiger partial charge in [-0.05, 0) is 39.8 Å². The van der Waals surface area contributed by atoms with E-state index < -0.39 is 17.8 Å². The van der Waals surface area contributed by atoms with Gasteiger partial charge < -0.3 is 15.2 Å². The number of carbonyl (C=O) groups excluding carboxylic acids is 1. The van der Waals surface area contributed by atoms with Gasteiger partial charge in [0, 0.05) is 5.69 Å². The third-order valence-electron chi connectivity index (χ3n) is 1.97. The summed E-state index contributed by atoms with van der Waals surface area (Å²) in [6.07, 6.45) is -0.534. The average molecular weight is 252 g/mol. The molecule has 1 unspecified atom stereocenters. The molecule has 18 heavy (non-hydrogen) atoms. The topological polar surface area (TPSA) is 87.6 Å². The van der Waals surface area contributed by atoms with Crippen molar-refractivity contribution < 1.29 is 14.3 Å². The van der Waals surface area contributed by atoms with Crippen LogP contribution in [0.1, 0.15) is 38.1 Å². The summed E-state index contributed by atoms with van der Waals surface area (Å²) in [5, 5.41) is 0. The largest absolute Gasteiger partial charge is 0.475 e. The number of nitrogen functional groups attached to an aromatic ring is 1. The second kappa shape index (κ2) is 5.27. The van der Waals surface area contributed by atoms with Gasteiger partial charge >= 0.3 is 5.97 Å². The van der Waals surface area contributed by atoms with Crippen LogP contribution in [0.25, 0.3) is 0 Å². The minimum atomic E-state index is -0.592. The van der Waals surface area contributed by atoms with Gasteiger partial charge in [0.05, 0.1) is 0 Å². The van der Waals surface area contributed by atoms with Crippen molar-refractivity contribution in [3.05, 3.63) is 23.8 Å². The predicted molar refractivity (Wildman–Crippen MR) is 70.3 cm³/mol. The van der Waals surface area contributed by atoms with Crippen molar-refractivity contribution in [2.75, 3.05) is 5.73 Å². The molecule has 0 heterocycles. The van der Waals surface area contributed by atoms with Crippen molar-refractivity contribution in [2.24, 2.45) is 5.73 Å². The van der Waals surface area contributed by atoms with Gasteiger partial charge in [0.15, 0.2) is 0 Å². The van der Waals surface area contributed by atoms with Crippen molar-refractivity contribution in [3.63, 3.8) is 0 Å². The Balaban J connectivity index is 3.09. The Hall–Kier alpha value is -1.75. The standard InChI is InChI=1S/C13H20N2O3/c1-8(14)17-10-7-5-6-9(15)11(10)12(16)18-13(2,3)4/h5-8H,14-15H2,1-4H3. The summed E-state index contributed by atoms with van der Waals surface area (Å²) in [6.45, 7) is 7.03. The number of rotatable bonds is 3. The minimum Gasteiger partial charge on any atom is -0.475 e. The number of nitrogens with two attached hydrogens (primary N) is 2. The zero-order valence-corrected chi connectivity index (χ0v) is 11.2. The first-order chi connectivity index (χ1) is 8.20. The molecular formula is C13H20N2O3. The second-order valence-corrected chi connectivity index (χ2v) is 5.05. The van der Waals surface area contributed by atoms with Gasteiger partial charge in [-0.1, -0.05) is 6.07 Å². The van der Waals surface area contributed by atoms with Crippen LogP contribution in [0.15, 0.2) is 18.2 Å². The fourth-order valence-corrected chi connectivity index (χ4v) is 1.39. The SMILES string of the molecule is CC(N)Oc1cccc(N)c1C(=O)OC(C)(C)C. The van der Waals surface area contributed by atoms with E-state index in [0.29, 0.717) is 11.4 Å². The Bertz CT molecular complexity index is 436. The molecule has 4 N–H and O–H groups in total. The highest BCUT2D eigenvalue weighted by Gasteiger charge is 2.23. The van der Waals surface area contributed by atoms with Crippen LogP contribution in [0, 0.1) is 0 Å². The summed E-state index contributed by atoms with van der Waals surface area (Å²) in [5.74, 6) is -0.185. The fraction of sp³-hybridized carbons (Fsp3) is 0.462. The summed E-state index contributed by atoms with van der Waals surface area (Å²) in [5.41, 5.74) is 11.3. The Morgan fingerprint density at radius 1 is 1.33 bits per heavy atom. The number of esters is 1. The summed E-state index contributed by atoms with van der Waals surface area (Å²) in [4.78, 5) is 12.1. The molecule has 1 atom stereocenters. The van der Waals surface area contributed by atoms with Crippen LogP contribution >= 0.6 is 0 Å². The van der Waals surface area contributed by atoms with Crippen molar-refractivity contribution in [2.45, 2.75) is 39.5 Å². The maximum atomic E-state index is 12.1. The molecule has 0 saturated heterocycles. The first-order valence-electron chi connectivity index (χ1n) is 5.75. The van der Waals surface area contributed by atoms with Crippen LogP contribution in [0.5, 0.6) is 5.75 Å². The highest BCUT2D eigenvalue weighted by atomic mass is 16.6. The molecule has 0 bridgehead atoms. The molecule has 0 aliphatic heterocycles. The lowest BCUT2D eigenvalue weighted by Gasteiger charge is -2.21. The van der Waals surface area contributed by atoms with E-state index in [9.17, 15) is 4.79 Å². The van der Waals surface area contributed by atoms with Gasteiger partial charge in [0.2, 0.25) is 0 Å². The molecule has 0 fully saturated rings. The number of carbonyl (C=O) groups is 1. The van der Waals surface area contributed by atoms with Crippen molar-refractivity contribution >= 4 is 11.7 Å². The highest BCUT2D eigenvalue weighted by Crippen LogP contribution is 2.27. The summed E-state index contributed by atoms with van der Waals surface area (Å²) >= 11 is 0. The zero-order valence-electron chi connectivity index (χ0n) is 11.2. The molecule has 0 radical (unpaired) electrons. The van der Waals surface area contributed by atoms with Crippen LogP contribution in [-0.4, -0.2) is 17.8 Å². The molecule has 1 aromatic rings. The number of anilines is 1. The van der Waals surface area contributed by atoms with Gasteiger partial charge in [-0.15, -0.1) is 0 Å². The monoisotopic (exact) mass is 252 g/mol. The Labute approximate surface area is 107 Å². The maximum absolute atomic E-state index is 12.1. The maximum Gasteiger partial charge on any atom is 0.344 e. The Kier molecular flexibility index (Phi) is 4.19. The van der Waals surface area contributed by atoms with E-state index in [4.69, 9.17) is 20.9 Å². The molecule has 5 heteroatoms. The molecule has 0 aliphatic carbocycles. The molecule has 1 rings (SSSR count). The number of ether oxygens (including phenoxy) is 2. The van der Waals surface area contributed by atoms with Crippen LogP contribution in [0.4, 0.5) is 5.69 Å². The fourth-order valence-electron chi connectivity index (χ4n) is 1.39. The number of hydrogen-bond donors (Lipinski definition) is 2. The summed E-state index contributed by atoms with van der Waals surface area (Å²) in [6, 6.07) is 4.95.